The van der Waals surface area contributed by atoms with E-state index in [1.807, 2.05) is 23.6 Å². The minimum absolute atomic E-state index is 0.0747. The minimum atomic E-state index is -3.07. The van der Waals surface area contributed by atoms with E-state index in [4.69, 9.17) is 0 Å². The van der Waals surface area contributed by atoms with Crippen molar-refractivity contribution in [2.45, 2.75) is 20.3 Å². The van der Waals surface area contributed by atoms with Gasteiger partial charge in [0.1, 0.15) is 0 Å². The first kappa shape index (κ1) is 15.2. The molecular weight excluding hydrogens is 324 g/mol. The molecule has 0 bridgehead atoms. The molecule has 0 unspecified atom stereocenters. The van der Waals surface area contributed by atoms with Crippen LogP contribution in [0.15, 0.2) is 10.5 Å². The fourth-order valence-corrected chi connectivity index (χ4v) is 5.19. The highest BCUT2D eigenvalue weighted by Gasteiger charge is 2.32. The predicted octanol–water partition coefficient (Wildman–Crippen LogP) is 0.897. The van der Waals surface area contributed by atoms with Crippen molar-refractivity contribution in [1.29, 1.82) is 0 Å². The van der Waals surface area contributed by atoms with Crippen molar-refractivity contribution < 1.29 is 13.2 Å². The smallest absolute Gasteiger partial charge is 0.244 e. The van der Waals surface area contributed by atoms with E-state index in [0.717, 1.165) is 22.0 Å². The fraction of sp³-hybridized carbons (Fsp3) is 0.462. The first-order valence-electron chi connectivity index (χ1n) is 6.84. The Morgan fingerprint density at radius 1 is 1.55 bits per heavy atom. The van der Waals surface area contributed by atoms with E-state index in [9.17, 15) is 13.2 Å². The first-order valence-corrected chi connectivity index (χ1v) is 9.54. The summed E-state index contributed by atoms with van der Waals surface area (Å²) < 4.78 is 24.7. The van der Waals surface area contributed by atoms with E-state index >= 15 is 0 Å². The monoisotopic (exact) mass is 340 g/mol. The van der Waals surface area contributed by atoms with E-state index in [1.54, 1.807) is 17.6 Å². The average Bonchev–Trinajstić information content (AvgIpc) is 3.07. The predicted molar refractivity (Wildman–Crippen MR) is 85.0 cm³/mol. The van der Waals surface area contributed by atoms with Crippen molar-refractivity contribution in [3.63, 3.8) is 0 Å². The van der Waals surface area contributed by atoms with Crippen LogP contribution >= 0.6 is 11.3 Å². The zero-order valence-electron chi connectivity index (χ0n) is 12.2. The molecule has 0 spiro atoms. The van der Waals surface area contributed by atoms with Gasteiger partial charge in [-0.25, -0.2) is 18.8 Å². The van der Waals surface area contributed by atoms with Gasteiger partial charge >= 0.3 is 0 Å². The number of hydrogen-bond donors (Lipinski definition) is 1. The van der Waals surface area contributed by atoms with Crippen molar-refractivity contribution in [3.8, 4) is 0 Å². The van der Waals surface area contributed by atoms with E-state index in [2.05, 4.69) is 15.5 Å². The standard InChI is InChI=1S/C13H16N4O3S2/c1-8-6-21-13-15-9(2)11(17(8)13)5-14-16-12(18)10-3-4-22(19,20)7-10/h5-6,10H,3-4,7H2,1-2H3,(H,16,18)/b14-5-/t10-/m1/s1. The molecule has 2 aromatic heterocycles. The van der Waals surface area contributed by atoms with Crippen LogP contribution < -0.4 is 5.43 Å². The Morgan fingerprint density at radius 2 is 2.32 bits per heavy atom. The lowest BCUT2D eigenvalue weighted by atomic mass is 10.1. The van der Waals surface area contributed by atoms with Gasteiger partial charge in [0, 0.05) is 11.1 Å². The Kier molecular flexibility index (Phi) is 3.77. The Bertz CT molecular complexity index is 863. The number of rotatable bonds is 3. The molecule has 3 heterocycles. The number of fused-ring (bicyclic) bond motifs is 1. The molecule has 22 heavy (non-hydrogen) atoms. The highest BCUT2D eigenvalue weighted by molar-refractivity contribution is 7.91. The number of hydrazone groups is 1. The van der Waals surface area contributed by atoms with Crippen LogP contribution in [-0.2, 0) is 14.6 Å². The summed E-state index contributed by atoms with van der Waals surface area (Å²) in [7, 11) is -3.07. The van der Waals surface area contributed by atoms with Gasteiger partial charge in [-0.2, -0.15) is 5.10 Å². The molecule has 0 aromatic carbocycles. The molecular formula is C13H16N4O3S2. The third-order valence-electron chi connectivity index (χ3n) is 3.72. The lowest BCUT2D eigenvalue weighted by Gasteiger charge is -2.04. The van der Waals surface area contributed by atoms with Gasteiger partial charge in [0.25, 0.3) is 0 Å². The number of carbonyl (C=O) groups is 1. The van der Waals surface area contributed by atoms with E-state index in [-0.39, 0.29) is 17.4 Å². The molecule has 0 radical (unpaired) electrons. The quantitative estimate of drug-likeness (QED) is 0.663. The molecule has 1 atom stereocenters. The van der Waals surface area contributed by atoms with Crippen LogP contribution in [0.5, 0.6) is 0 Å². The van der Waals surface area contributed by atoms with Gasteiger partial charge in [0.2, 0.25) is 5.91 Å². The van der Waals surface area contributed by atoms with E-state index in [0.29, 0.717) is 6.42 Å². The van der Waals surface area contributed by atoms with E-state index in [1.165, 1.54) is 0 Å². The molecule has 2 aromatic rings. The molecule has 0 saturated carbocycles. The number of hydrogen-bond acceptors (Lipinski definition) is 6. The van der Waals surface area contributed by atoms with Crippen molar-refractivity contribution in [1.82, 2.24) is 14.8 Å². The van der Waals surface area contributed by atoms with Gasteiger partial charge in [-0.1, -0.05) is 0 Å². The maximum atomic E-state index is 11.9. The molecule has 0 aliphatic carbocycles. The van der Waals surface area contributed by atoms with Crippen LogP contribution in [0.4, 0.5) is 0 Å². The summed E-state index contributed by atoms with van der Waals surface area (Å²) in [5.41, 5.74) is 5.13. The van der Waals surface area contributed by atoms with Crippen LogP contribution in [-0.4, -0.2) is 41.4 Å². The Hall–Kier alpha value is -1.74. The molecule has 1 amide bonds. The summed E-state index contributed by atoms with van der Waals surface area (Å²) in [5, 5.41) is 5.96. The van der Waals surface area contributed by atoms with Gasteiger partial charge in [-0.05, 0) is 20.3 Å². The maximum Gasteiger partial charge on any atom is 0.244 e. The number of aryl methyl sites for hydroxylation is 2. The van der Waals surface area contributed by atoms with Gasteiger partial charge in [-0.15, -0.1) is 11.3 Å². The highest BCUT2D eigenvalue weighted by Crippen LogP contribution is 2.20. The number of imidazole rings is 1. The zero-order valence-corrected chi connectivity index (χ0v) is 13.9. The number of aromatic nitrogens is 2. The van der Waals surface area contributed by atoms with Gasteiger partial charge in [-0.3, -0.25) is 9.20 Å². The second-order valence-corrected chi connectivity index (χ2v) is 8.48. The molecule has 1 aliphatic rings. The van der Waals surface area contributed by atoms with E-state index < -0.39 is 15.8 Å². The van der Waals surface area contributed by atoms with Crippen molar-refractivity contribution in [2.75, 3.05) is 11.5 Å². The molecule has 118 valence electrons. The number of carbonyl (C=O) groups excluding carboxylic acids is 1. The van der Waals surface area contributed by atoms with Crippen molar-refractivity contribution >= 4 is 38.3 Å². The van der Waals surface area contributed by atoms with Crippen LogP contribution in [0.3, 0.4) is 0 Å². The summed E-state index contributed by atoms with van der Waals surface area (Å²) in [6.45, 7) is 3.86. The summed E-state index contributed by atoms with van der Waals surface area (Å²) in [5.74, 6) is -0.867. The fourth-order valence-electron chi connectivity index (χ4n) is 2.53. The second kappa shape index (κ2) is 5.47. The van der Waals surface area contributed by atoms with Crippen LogP contribution in [0, 0.1) is 19.8 Å². The van der Waals surface area contributed by atoms with Gasteiger partial charge in [0.15, 0.2) is 14.8 Å². The molecule has 1 fully saturated rings. The first-order chi connectivity index (χ1) is 10.4. The van der Waals surface area contributed by atoms with Crippen LogP contribution in [0.2, 0.25) is 0 Å². The number of thiazole rings is 1. The average molecular weight is 340 g/mol. The lowest BCUT2D eigenvalue weighted by molar-refractivity contribution is -0.124. The third kappa shape index (κ3) is 2.78. The molecule has 1 N–H and O–H groups in total. The number of amides is 1. The van der Waals surface area contributed by atoms with Crippen molar-refractivity contribution in [3.05, 3.63) is 22.5 Å². The topological polar surface area (TPSA) is 92.9 Å². The Morgan fingerprint density at radius 3 is 3.00 bits per heavy atom. The maximum absolute atomic E-state index is 11.9. The van der Waals surface area contributed by atoms with Gasteiger partial charge < -0.3 is 0 Å². The minimum Gasteiger partial charge on any atom is -0.286 e. The summed E-state index contributed by atoms with van der Waals surface area (Å²) in [4.78, 5) is 17.2. The molecule has 7 nitrogen and oxygen atoms in total. The van der Waals surface area contributed by atoms with Crippen LogP contribution in [0.1, 0.15) is 23.5 Å². The largest absolute Gasteiger partial charge is 0.286 e. The summed E-state index contributed by atoms with van der Waals surface area (Å²) in [6.07, 6.45) is 1.92. The lowest BCUT2D eigenvalue weighted by Crippen LogP contribution is -2.27. The molecule has 3 rings (SSSR count). The normalized spacial score (nSPS) is 20.9. The van der Waals surface area contributed by atoms with Crippen LogP contribution in [0.25, 0.3) is 4.96 Å². The Balaban J connectivity index is 1.73. The van der Waals surface area contributed by atoms with Gasteiger partial charge in [0.05, 0.1) is 35.0 Å². The summed E-state index contributed by atoms with van der Waals surface area (Å²) in [6, 6.07) is 0. The zero-order chi connectivity index (χ0) is 15.9. The number of nitrogens with zero attached hydrogens (tertiary/aromatic N) is 3. The molecule has 9 heteroatoms. The number of sulfone groups is 1. The summed E-state index contributed by atoms with van der Waals surface area (Å²) >= 11 is 1.55. The molecule has 1 saturated heterocycles. The van der Waals surface area contributed by atoms with Crippen molar-refractivity contribution in [2.24, 2.45) is 11.0 Å². The second-order valence-electron chi connectivity index (χ2n) is 5.41. The molecule has 1 aliphatic heterocycles. The Labute approximate surface area is 132 Å². The highest BCUT2D eigenvalue weighted by atomic mass is 32.2. The SMILES string of the molecule is Cc1nc2scc(C)n2c1/C=N\NC(=O)[C@@H]1CCS(=O)(=O)C1. The number of nitrogens with one attached hydrogen (secondary N) is 1. The third-order valence-corrected chi connectivity index (χ3v) is 6.43.